The van der Waals surface area contributed by atoms with Gasteiger partial charge in [-0.15, -0.1) is 0 Å². The van der Waals surface area contributed by atoms with Crippen LogP contribution in [0, 0.1) is 6.92 Å². The van der Waals surface area contributed by atoms with Crippen LogP contribution in [0.25, 0.3) is 5.82 Å². The van der Waals surface area contributed by atoms with Crippen molar-refractivity contribution in [1.82, 2.24) is 19.7 Å². The fraction of sp³-hybridized carbons (Fsp3) is 0.375. The van der Waals surface area contributed by atoms with E-state index >= 15 is 0 Å². The number of carbonyl (C=O) groups excluding carboxylic acids is 2. The average Bonchev–Trinajstić information content (AvgIpc) is 2.93. The molecule has 0 aromatic carbocycles. The second-order valence-corrected chi connectivity index (χ2v) is 5.35. The van der Waals surface area contributed by atoms with Crippen molar-refractivity contribution >= 4 is 11.9 Å². The van der Waals surface area contributed by atoms with Crippen molar-refractivity contribution in [2.45, 2.75) is 26.8 Å². The van der Waals surface area contributed by atoms with Gasteiger partial charge < -0.3 is 9.64 Å². The topological polar surface area (TPSA) is 77.3 Å². The molecule has 0 aliphatic rings. The summed E-state index contributed by atoms with van der Waals surface area (Å²) >= 11 is 0. The molecule has 7 heteroatoms. The first-order valence-electron chi connectivity index (χ1n) is 7.29. The zero-order valence-corrected chi connectivity index (χ0v) is 13.7. The van der Waals surface area contributed by atoms with E-state index in [-0.39, 0.29) is 18.5 Å². The summed E-state index contributed by atoms with van der Waals surface area (Å²) in [6.45, 7) is 5.39. The van der Waals surface area contributed by atoms with Gasteiger partial charge in [0.15, 0.2) is 5.82 Å². The highest BCUT2D eigenvalue weighted by atomic mass is 16.5. The lowest BCUT2D eigenvalue weighted by molar-refractivity contribution is -0.141. The van der Waals surface area contributed by atoms with Crippen LogP contribution < -0.4 is 0 Å². The average molecular weight is 316 g/mol. The Kier molecular flexibility index (Phi) is 5.10. The molecule has 2 aromatic rings. The van der Waals surface area contributed by atoms with E-state index in [4.69, 9.17) is 0 Å². The summed E-state index contributed by atoms with van der Waals surface area (Å²) in [7, 11) is 1.30. The zero-order chi connectivity index (χ0) is 17.0. The van der Waals surface area contributed by atoms with Crippen molar-refractivity contribution in [3.63, 3.8) is 0 Å². The molecule has 2 aromatic heterocycles. The minimum Gasteiger partial charge on any atom is -0.468 e. The molecule has 0 N–H and O–H groups in total. The molecule has 0 atom stereocenters. The van der Waals surface area contributed by atoms with Gasteiger partial charge in [0.2, 0.25) is 0 Å². The lowest BCUT2D eigenvalue weighted by Gasteiger charge is -2.25. The smallest absolute Gasteiger partial charge is 0.325 e. The predicted molar refractivity (Wildman–Crippen MR) is 84.3 cm³/mol. The number of nitrogens with zero attached hydrogens (tertiary/aromatic N) is 4. The summed E-state index contributed by atoms with van der Waals surface area (Å²) in [6.07, 6.45) is 3.16. The molecule has 0 radical (unpaired) electrons. The monoisotopic (exact) mass is 316 g/mol. The van der Waals surface area contributed by atoms with E-state index in [2.05, 4.69) is 14.8 Å². The van der Waals surface area contributed by atoms with Gasteiger partial charge in [0, 0.05) is 12.2 Å². The van der Waals surface area contributed by atoms with Gasteiger partial charge >= 0.3 is 5.97 Å². The quantitative estimate of drug-likeness (QED) is 0.783. The van der Waals surface area contributed by atoms with Gasteiger partial charge in [-0.3, -0.25) is 9.59 Å². The molecule has 0 aliphatic heterocycles. The first-order valence-corrected chi connectivity index (χ1v) is 7.29. The summed E-state index contributed by atoms with van der Waals surface area (Å²) in [5.41, 5.74) is 1.11. The Morgan fingerprint density at radius 2 is 2.09 bits per heavy atom. The summed E-state index contributed by atoms with van der Waals surface area (Å²) < 4.78 is 6.26. The molecule has 0 aliphatic carbocycles. The first-order chi connectivity index (χ1) is 11.0. The maximum Gasteiger partial charge on any atom is 0.325 e. The van der Waals surface area contributed by atoms with Crippen LogP contribution in [0.2, 0.25) is 0 Å². The lowest BCUT2D eigenvalue weighted by atomic mass is 10.2. The molecule has 2 heterocycles. The number of amides is 1. The van der Waals surface area contributed by atoms with Crippen LogP contribution in [0.4, 0.5) is 0 Å². The Labute approximate surface area is 134 Å². The Bertz CT molecular complexity index is 695. The molecule has 7 nitrogen and oxygen atoms in total. The Balaban J connectivity index is 2.32. The fourth-order valence-corrected chi connectivity index (χ4v) is 2.18. The summed E-state index contributed by atoms with van der Waals surface area (Å²) in [5.74, 6) is -0.0833. The largest absolute Gasteiger partial charge is 0.468 e. The molecule has 0 saturated heterocycles. The maximum absolute atomic E-state index is 12.7. The third-order valence-electron chi connectivity index (χ3n) is 3.52. The Hall–Kier alpha value is -2.70. The van der Waals surface area contributed by atoms with E-state index in [1.165, 1.54) is 18.2 Å². The van der Waals surface area contributed by atoms with E-state index in [1.54, 1.807) is 17.8 Å². The summed E-state index contributed by atoms with van der Waals surface area (Å²) in [6, 6.07) is 5.33. The predicted octanol–water partition coefficient (Wildman–Crippen LogP) is 1.60. The van der Waals surface area contributed by atoms with Gasteiger partial charge in [-0.2, -0.15) is 5.10 Å². The molecule has 0 saturated carbocycles. The van der Waals surface area contributed by atoms with Crippen LogP contribution in [0.5, 0.6) is 0 Å². The molecule has 0 spiro atoms. The number of carbonyl (C=O) groups is 2. The molecule has 122 valence electrons. The highest BCUT2D eigenvalue weighted by Gasteiger charge is 2.25. The second kappa shape index (κ2) is 7.04. The van der Waals surface area contributed by atoms with Gasteiger partial charge in [-0.05, 0) is 32.9 Å². The molecule has 23 heavy (non-hydrogen) atoms. The van der Waals surface area contributed by atoms with Gasteiger partial charge in [0.25, 0.3) is 5.91 Å². The minimum absolute atomic E-state index is 0.0960. The van der Waals surface area contributed by atoms with Crippen LogP contribution in [0.3, 0.4) is 0 Å². The van der Waals surface area contributed by atoms with Crippen LogP contribution in [-0.2, 0) is 9.53 Å². The standard InChI is InChI=1S/C16H20N4O3/c1-11(2)19(10-15(21)23-4)16(22)13-9-18-20(12(13)3)14-7-5-6-8-17-14/h5-9,11H,10H2,1-4H3. The number of aromatic nitrogens is 3. The lowest BCUT2D eigenvalue weighted by Crippen LogP contribution is -2.41. The molecule has 1 amide bonds. The van der Waals surface area contributed by atoms with Gasteiger partial charge in [0.1, 0.15) is 6.54 Å². The van der Waals surface area contributed by atoms with E-state index in [1.807, 2.05) is 32.0 Å². The van der Waals surface area contributed by atoms with Crippen molar-refractivity contribution in [1.29, 1.82) is 0 Å². The number of esters is 1. The van der Waals surface area contributed by atoms with Gasteiger partial charge in [-0.25, -0.2) is 9.67 Å². The highest BCUT2D eigenvalue weighted by molar-refractivity contribution is 5.97. The van der Waals surface area contributed by atoms with Gasteiger partial charge in [-0.1, -0.05) is 6.07 Å². The van der Waals surface area contributed by atoms with Crippen molar-refractivity contribution in [3.8, 4) is 5.82 Å². The zero-order valence-electron chi connectivity index (χ0n) is 13.7. The van der Waals surface area contributed by atoms with E-state index in [0.29, 0.717) is 17.1 Å². The highest BCUT2D eigenvalue weighted by Crippen LogP contribution is 2.16. The van der Waals surface area contributed by atoms with E-state index in [0.717, 1.165) is 0 Å². The molecule has 2 rings (SSSR count). The van der Waals surface area contributed by atoms with Crippen LogP contribution >= 0.6 is 0 Å². The van der Waals surface area contributed by atoms with Crippen molar-refractivity contribution < 1.29 is 14.3 Å². The van der Waals surface area contributed by atoms with Crippen molar-refractivity contribution in [2.24, 2.45) is 0 Å². The maximum atomic E-state index is 12.7. The van der Waals surface area contributed by atoms with Crippen molar-refractivity contribution in [2.75, 3.05) is 13.7 Å². The van der Waals surface area contributed by atoms with Gasteiger partial charge in [0.05, 0.1) is 24.6 Å². The number of hydrogen-bond acceptors (Lipinski definition) is 5. The second-order valence-electron chi connectivity index (χ2n) is 5.35. The number of rotatable bonds is 5. The first kappa shape index (κ1) is 16.7. The Morgan fingerprint density at radius 3 is 2.65 bits per heavy atom. The minimum atomic E-state index is -0.457. The molecule has 0 fully saturated rings. The molecular formula is C16H20N4O3. The normalized spacial score (nSPS) is 10.7. The van der Waals surface area contributed by atoms with E-state index < -0.39 is 5.97 Å². The fourth-order valence-electron chi connectivity index (χ4n) is 2.18. The van der Waals surface area contributed by atoms with Crippen molar-refractivity contribution in [3.05, 3.63) is 41.9 Å². The summed E-state index contributed by atoms with van der Waals surface area (Å²) in [4.78, 5) is 30.0. The number of ether oxygens (including phenoxy) is 1. The number of hydrogen-bond donors (Lipinski definition) is 0. The Morgan fingerprint density at radius 1 is 1.35 bits per heavy atom. The third-order valence-corrected chi connectivity index (χ3v) is 3.52. The number of pyridine rings is 1. The summed E-state index contributed by atoms with van der Waals surface area (Å²) in [5, 5.41) is 4.24. The van der Waals surface area contributed by atoms with Crippen LogP contribution in [0.1, 0.15) is 29.9 Å². The van der Waals surface area contributed by atoms with E-state index in [9.17, 15) is 9.59 Å². The van der Waals surface area contributed by atoms with Crippen LogP contribution in [-0.4, -0.2) is 51.2 Å². The SMILES string of the molecule is COC(=O)CN(C(=O)c1cnn(-c2ccccn2)c1C)C(C)C. The third kappa shape index (κ3) is 3.56. The molecule has 0 bridgehead atoms. The molecule has 0 unspecified atom stereocenters. The number of methoxy groups -OCH3 is 1. The van der Waals surface area contributed by atoms with Crippen LogP contribution in [0.15, 0.2) is 30.6 Å². The molecular weight excluding hydrogens is 296 g/mol.